The smallest absolute Gasteiger partial charge is 0.261 e. The van der Waals surface area contributed by atoms with Crippen molar-refractivity contribution < 1.29 is 26.8 Å². The Morgan fingerprint density at radius 3 is 2.30 bits per heavy atom. The molecule has 1 saturated heterocycles. The minimum atomic E-state index is -3.89. The van der Waals surface area contributed by atoms with Crippen molar-refractivity contribution in [1.82, 2.24) is 0 Å². The Bertz CT molecular complexity index is 1320. The molecule has 1 unspecified atom stereocenters. The van der Waals surface area contributed by atoms with E-state index in [0.717, 1.165) is 17.0 Å². The predicted octanol–water partition coefficient (Wildman–Crippen LogP) is 3.76. The summed E-state index contributed by atoms with van der Waals surface area (Å²) < 4.78 is 55.1. The number of para-hydroxylation sites is 2. The summed E-state index contributed by atoms with van der Waals surface area (Å²) in [5.41, 5.74) is 0.258. The standard InChI is InChI=1S/C23H19F2N3O4S/c24-16-10-11-21(18(25)13-16)28-14-15(12-22(28)29)23(30)26-19-8-4-5-9-20(19)27-33(31,32)17-6-2-1-3-7-17/h1-11,13,15,27H,12,14H2,(H,26,30). The third kappa shape index (κ3) is 4.85. The molecular weight excluding hydrogens is 452 g/mol. The van der Waals surface area contributed by atoms with Gasteiger partial charge in [0.15, 0.2) is 0 Å². The number of rotatable bonds is 6. The first-order valence-electron chi connectivity index (χ1n) is 9.98. The lowest BCUT2D eigenvalue weighted by atomic mass is 10.1. The maximum absolute atomic E-state index is 14.1. The second-order valence-electron chi connectivity index (χ2n) is 7.45. The maximum Gasteiger partial charge on any atom is 0.261 e. The van der Waals surface area contributed by atoms with Gasteiger partial charge in [0.25, 0.3) is 10.0 Å². The number of anilines is 3. The normalized spacial score (nSPS) is 16.0. The van der Waals surface area contributed by atoms with Crippen LogP contribution in [0.1, 0.15) is 6.42 Å². The van der Waals surface area contributed by atoms with Crippen molar-refractivity contribution in [3.63, 3.8) is 0 Å². The predicted molar refractivity (Wildman–Crippen MR) is 119 cm³/mol. The fourth-order valence-corrected chi connectivity index (χ4v) is 4.64. The first-order valence-corrected chi connectivity index (χ1v) is 11.5. The van der Waals surface area contributed by atoms with Crippen LogP contribution in [0.3, 0.4) is 0 Å². The van der Waals surface area contributed by atoms with Gasteiger partial charge in [-0.15, -0.1) is 0 Å². The van der Waals surface area contributed by atoms with Crippen LogP contribution in [-0.4, -0.2) is 26.8 Å². The topological polar surface area (TPSA) is 95.6 Å². The highest BCUT2D eigenvalue weighted by Gasteiger charge is 2.36. The summed E-state index contributed by atoms with van der Waals surface area (Å²) in [7, 11) is -3.89. The van der Waals surface area contributed by atoms with Gasteiger partial charge in [-0.2, -0.15) is 0 Å². The molecule has 170 valence electrons. The Kier molecular flexibility index (Phi) is 6.10. The molecule has 1 heterocycles. The van der Waals surface area contributed by atoms with Crippen LogP contribution in [0, 0.1) is 17.6 Å². The molecule has 3 aromatic rings. The average molecular weight is 471 g/mol. The molecule has 0 aromatic heterocycles. The first-order chi connectivity index (χ1) is 15.7. The van der Waals surface area contributed by atoms with Crippen LogP contribution in [0.4, 0.5) is 25.8 Å². The highest BCUT2D eigenvalue weighted by atomic mass is 32.2. The zero-order valence-electron chi connectivity index (χ0n) is 17.2. The van der Waals surface area contributed by atoms with E-state index in [-0.39, 0.29) is 34.9 Å². The fraction of sp³-hybridized carbons (Fsp3) is 0.130. The van der Waals surface area contributed by atoms with Gasteiger partial charge >= 0.3 is 0 Å². The maximum atomic E-state index is 14.1. The third-order valence-corrected chi connectivity index (χ3v) is 6.56. The number of amides is 2. The van der Waals surface area contributed by atoms with Crippen molar-refractivity contribution in [2.75, 3.05) is 21.5 Å². The van der Waals surface area contributed by atoms with Crippen LogP contribution < -0.4 is 14.9 Å². The highest BCUT2D eigenvalue weighted by Crippen LogP contribution is 2.30. The molecule has 1 aliphatic rings. The van der Waals surface area contributed by atoms with Gasteiger partial charge < -0.3 is 10.2 Å². The summed E-state index contributed by atoms with van der Waals surface area (Å²) in [4.78, 5) is 26.4. The van der Waals surface area contributed by atoms with Crippen LogP contribution in [-0.2, 0) is 19.6 Å². The highest BCUT2D eigenvalue weighted by molar-refractivity contribution is 7.92. The Labute approximate surface area is 189 Å². The molecule has 7 nitrogen and oxygen atoms in total. The van der Waals surface area contributed by atoms with Crippen LogP contribution >= 0.6 is 0 Å². The van der Waals surface area contributed by atoms with Gasteiger partial charge in [-0.1, -0.05) is 30.3 Å². The third-order valence-electron chi connectivity index (χ3n) is 5.18. The summed E-state index contributed by atoms with van der Waals surface area (Å²) in [6, 6.07) is 16.9. The Morgan fingerprint density at radius 2 is 1.61 bits per heavy atom. The molecule has 33 heavy (non-hydrogen) atoms. The van der Waals surface area contributed by atoms with E-state index < -0.39 is 39.4 Å². The molecule has 10 heteroatoms. The molecule has 0 bridgehead atoms. The van der Waals surface area contributed by atoms with E-state index in [1.54, 1.807) is 30.3 Å². The van der Waals surface area contributed by atoms with E-state index in [9.17, 15) is 26.8 Å². The Morgan fingerprint density at radius 1 is 0.939 bits per heavy atom. The number of hydrogen-bond donors (Lipinski definition) is 2. The summed E-state index contributed by atoms with van der Waals surface area (Å²) in [6.07, 6.45) is -0.166. The number of nitrogens with zero attached hydrogens (tertiary/aromatic N) is 1. The molecule has 0 radical (unpaired) electrons. The Balaban J connectivity index is 1.50. The number of sulfonamides is 1. The van der Waals surface area contributed by atoms with E-state index in [4.69, 9.17) is 0 Å². The summed E-state index contributed by atoms with van der Waals surface area (Å²) in [5.74, 6) is -3.48. The number of halogens is 2. The lowest BCUT2D eigenvalue weighted by molar-refractivity contribution is -0.122. The first kappa shape index (κ1) is 22.4. The summed E-state index contributed by atoms with van der Waals surface area (Å²) in [6.45, 7) is -0.0921. The zero-order valence-corrected chi connectivity index (χ0v) is 18.0. The SMILES string of the molecule is O=C(Nc1ccccc1NS(=O)(=O)c1ccccc1)C1CC(=O)N(c2ccc(F)cc2F)C1. The van der Waals surface area contributed by atoms with Gasteiger partial charge in [-0.3, -0.25) is 14.3 Å². The molecule has 3 aromatic carbocycles. The van der Waals surface area contributed by atoms with Crippen molar-refractivity contribution in [2.45, 2.75) is 11.3 Å². The molecule has 1 aliphatic heterocycles. The van der Waals surface area contributed by atoms with Crippen molar-refractivity contribution in [2.24, 2.45) is 5.92 Å². The van der Waals surface area contributed by atoms with Crippen LogP contribution in [0.15, 0.2) is 77.7 Å². The molecule has 1 fully saturated rings. The molecule has 4 rings (SSSR count). The molecular formula is C23H19F2N3O4S. The molecule has 2 amide bonds. The quantitative estimate of drug-likeness (QED) is 0.572. The number of nitrogens with one attached hydrogen (secondary N) is 2. The van der Waals surface area contributed by atoms with E-state index in [0.29, 0.717) is 6.07 Å². The fourth-order valence-electron chi connectivity index (χ4n) is 3.54. The lowest BCUT2D eigenvalue weighted by Gasteiger charge is -2.18. The largest absolute Gasteiger partial charge is 0.324 e. The molecule has 0 spiro atoms. The Hall–Kier alpha value is -3.79. The van der Waals surface area contributed by atoms with Gasteiger partial charge in [0.05, 0.1) is 27.9 Å². The number of benzene rings is 3. The van der Waals surface area contributed by atoms with Crippen molar-refractivity contribution >= 4 is 38.9 Å². The molecule has 2 N–H and O–H groups in total. The number of carbonyl (C=O) groups excluding carboxylic acids is 2. The summed E-state index contributed by atoms with van der Waals surface area (Å²) in [5, 5.41) is 2.64. The number of carbonyl (C=O) groups is 2. The van der Waals surface area contributed by atoms with Gasteiger partial charge in [-0.25, -0.2) is 17.2 Å². The van der Waals surface area contributed by atoms with Crippen molar-refractivity contribution in [3.8, 4) is 0 Å². The second kappa shape index (κ2) is 8.99. The molecule has 1 atom stereocenters. The van der Waals surface area contributed by atoms with Crippen LogP contribution in [0.25, 0.3) is 0 Å². The van der Waals surface area contributed by atoms with Gasteiger partial charge in [-0.05, 0) is 36.4 Å². The van der Waals surface area contributed by atoms with E-state index in [1.807, 2.05) is 0 Å². The average Bonchev–Trinajstić information content (AvgIpc) is 3.17. The monoisotopic (exact) mass is 471 g/mol. The van der Waals surface area contributed by atoms with Gasteiger partial charge in [0, 0.05) is 19.0 Å². The summed E-state index contributed by atoms with van der Waals surface area (Å²) >= 11 is 0. The molecule has 0 saturated carbocycles. The van der Waals surface area contributed by atoms with Crippen LogP contribution in [0.2, 0.25) is 0 Å². The van der Waals surface area contributed by atoms with Gasteiger partial charge in [0.1, 0.15) is 11.6 Å². The van der Waals surface area contributed by atoms with Crippen molar-refractivity contribution in [3.05, 3.63) is 84.4 Å². The zero-order chi connectivity index (χ0) is 23.6. The van der Waals surface area contributed by atoms with E-state index >= 15 is 0 Å². The van der Waals surface area contributed by atoms with Crippen LogP contribution in [0.5, 0.6) is 0 Å². The number of hydrogen-bond acceptors (Lipinski definition) is 4. The van der Waals surface area contributed by atoms with Crippen molar-refractivity contribution in [1.29, 1.82) is 0 Å². The van der Waals surface area contributed by atoms with Gasteiger partial charge in [0.2, 0.25) is 11.8 Å². The van der Waals surface area contributed by atoms with E-state index in [1.165, 1.54) is 24.3 Å². The second-order valence-corrected chi connectivity index (χ2v) is 9.14. The minimum absolute atomic E-state index is 0.0597. The van der Waals surface area contributed by atoms with E-state index in [2.05, 4.69) is 10.0 Å². The lowest BCUT2D eigenvalue weighted by Crippen LogP contribution is -2.29. The minimum Gasteiger partial charge on any atom is -0.324 e. The molecule has 0 aliphatic carbocycles.